The number of carbonyl (C=O) groups excluding carboxylic acids is 2. The maximum absolute atomic E-state index is 12.6. The molecule has 0 saturated heterocycles. The van der Waals surface area contributed by atoms with Crippen LogP contribution in [-0.4, -0.2) is 23.5 Å². The second-order valence-corrected chi connectivity index (χ2v) is 7.05. The number of carbonyl (C=O) groups is 2. The van der Waals surface area contributed by atoms with Gasteiger partial charge < -0.3 is 19.8 Å². The van der Waals surface area contributed by atoms with Crippen LogP contribution in [0.1, 0.15) is 15.9 Å². The molecular formula is C24H21N3O5. The molecule has 2 N–H and O–H groups in total. The Bertz CT molecular complexity index is 1320. The molecule has 1 aromatic heterocycles. The van der Waals surface area contributed by atoms with E-state index in [1.807, 2.05) is 36.4 Å². The van der Waals surface area contributed by atoms with Crippen molar-refractivity contribution in [2.75, 3.05) is 12.4 Å². The summed E-state index contributed by atoms with van der Waals surface area (Å²) in [6.07, 6.45) is 0. The second-order valence-electron chi connectivity index (χ2n) is 7.05. The van der Waals surface area contributed by atoms with E-state index in [0.29, 0.717) is 28.1 Å². The fourth-order valence-corrected chi connectivity index (χ4v) is 3.32. The van der Waals surface area contributed by atoms with Crippen LogP contribution in [0.15, 0.2) is 82.0 Å². The highest BCUT2D eigenvalue weighted by molar-refractivity contribution is 6.05. The van der Waals surface area contributed by atoms with Crippen LogP contribution in [0.3, 0.4) is 0 Å². The summed E-state index contributed by atoms with van der Waals surface area (Å²) >= 11 is 0. The Morgan fingerprint density at radius 1 is 1.00 bits per heavy atom. The van der Waals surface area contributed by atoms with Crippen molar-refractivity contribution in [1.82, 2.24) is 9.88 Å². The van der Waals surface area contributed by atoms with Gasteiger partial charge in [0.05, 0.1) is 12.6 Å². The number of oxazole rings is 1. The zero-order chi connectivity index (χ0) is 22.5. The quantitative estimate of drug-likeness (QED) is 0.468. The Kier molecular flexibility index (Phi) is 6.03. The van der Waals surface area contributed by atoms with Crippen molar-refractivity contribution in [3.05, 3.63) is 94.5 Å². The van der Waals surface area contributed by atoms with Crippen LogP contribution in [0, 0.1) is 0 Å². The molecule has 162 valence electrons. The smallest absolute Gasteiger partial charge is 0.420 e. The van der Waals surface area contributed by atoms with E-state index in [0.717, 1.165) is 5.56 Å². The molecule has 0 spiro atoms. The number of hydrogen-bond acceptors (Lipinski definition) is 5. The van der Waals surface area contributed by atoms with E-state index >= 15 is 0 Å². The molecule has 0 unspecified atom stereocenters. The average molecular weight is 431 g/mol. The molecule has 3 aromatic carbocycles. The maximum Gasteiger partial charge on any atom is 0.420 e. The molecule has 0 aliphatic heterocycles. The third-order valence-electron chi connectivity index (χ3n) is 4.93. The number of ether oxygens (including phenoxy) is 1. The van der Waals surface area contributed by atoms with Crippen molar-refractivity contribution in [3.8, 4) is 5.75 Å². The zero-order valence-corrected chi connectivity index (χ0v) is 17.3. The number of benzene rings is 3. The van der Waals surface area contributed by atoms with Crippen LogP contribution in [0.2, 0.25) is 0 Å². The van der Waals surface area contributed by atoms with E-state index in [9.17, 15) is 14.4 Å². The van der Waals surface area contributed by atoms with Crippen LogP contribution >= 0.6 is 0 Å². The molecule has 4 rings (SSSR count). The number of aromatic nitrogens is 1. The Morgan fingerprint density at radius 3 is 2.53 bits per heavy atom. The molecule has 0 bridgehead atoms. The van der Waals surface area contributed by atoms with Gasteiger partial charge in [0.15, 0.2) is 5.58 Å². The molecule has 2 amide bonds. The van der Waals surface area contributed by atoms with Crippen molar-refractivity contribution in [3.63, 3.8) is 0 Å². The van der Waals surface area contributed by atoms with Crippen molar-refractivity contribution < 1.29 is 18.7 Å². The first-order valence-electron chi connectivity index (χ1n) is 9.93. The van der Waals surface area contributed by atoms with Gasteiger partial charge in [0.25, 0.3) is 5.91 Å². The van der Waals surface area contributed by atoms with Crippen molar-refractivity contribution >= 4 is 28.6 Å². The van der Waals surface area contributed by atoms with E-state index in [4.69, 9.17) is 9.15 Å². The molecule has 8 nitrogen and oxygen atoms in total. The highest BCUT2D eigenvalue weighted by Crippen LogP contribution is 2.18. The minimum absolute atomic E-state index is 0.245. The van der Waals surface area contributed by atoms with Gasteiger partial charge in [0.2, 0.25) is 5.91 Å². The number of rotatable bonds is 7. The topological polar surface area (TPSA) is 103 Å². The van der Waals surface area contributed by atoms with Crippen molar-refractivity contribution in [2.45, 2.75) is 13.1 Å². The number of fused-ring (bicyclic) bond motifs is 1. The van der Waals surface area contributed by atoms with Gasteiger partial charge in [0, 0.05) is 23.4 Å². The first-order valence-corrected chi connectivity index (χ1v) is 9.93. The molecule has 0 aliphatic carbocycles. The van der Waals surface area contributed by atoms with Crippen LogP contribution in [-0.2, 0) is 17.9 Å². The fraction of sp³-hybridized carbons (Fsp3) is 0.125. The predicted molar refractivity (Wildman–Crippen MR) is 120 cm³/mol. The third kappa shape index (κ3) is 4.54. The predicted octanol–water partition coefficient (Wildman–Crippen LogP) is 3.17. The van der Waals surface area contributed by atoms with E-state index < -0.39 is 5.76 Å². The van der Waals surface area contributed by atoms with Gasteiger partial charge in [-0.05, 0) is 36.4 Å². The summed E-state index contributed by atoms with van der Waals surface area (Å²) < 4.78 is 11.7. The van der Waals surface area contributed by atoms with Crippen LogP contribution in [0.4, 0.5) is 5.69 Å². The lowest BCUT2D eigenvalue weighted by Crippen LogP contribution is -2.30. The normalized spacial score (nSPS) is 10.7. The van der Waals surface area contributed by atoms with Gasteiger partial charge in [-0.15, -0.1) is 0 Å². The molecular weight excluding hydrogens is 410 g/mol. The minimum atomic E-state index is -0.673. The lowest BCUT2D eigenvalue weighted by atomic mass is 10.2. The van der Waals surface area contributed by atoms with Crippen molar-refractivity contribution in [2.24, 2.45) is 0 Å². The molecule has 0 saturated carbocycles. The molecule has 4 aromatic rings. The summed E-state index contributed by atoms with van der Waals surface area (Å²) in [5, 5.41) is 5.57. The van der Waals surface area contributed by atoms with Gasteiger partial charge in [-0.1, -0.05) is 36.4 Å². The Morgan fingerprint density at radius 2 is 1.75 bits per heavy atom. The lowest BCUT2D eigenvalue weighted by Gasteiger charge is -2.10. The van der Waals surface area contributed by atoms with E-state index in [1.165, 1.54) is 10.6 Å². The summed E-state index contributed by atoms with van der Waals surface area (Å²) in [4.78, 5) is 37.4. The maximum atomic E-state index is 12.6. The number of methoxy groups -OCH3 is 1. The SMILES string of the molecule is COc1ccccc1CNC(=O)Cn1c(=O)oc2ccc(C(=O)Nc3ccccc3)cc21. The monoisotopic (exact) mass is 431 g/mol. The van der Waals surface area contributed by atoms with Gasteiger partial charge in [0.1, 0.15) is 12.3 Å². The molecule has 0 radical (unpaired) electrons. The van der Waals surface area contributed by atoms with Gasteiger partial charge in [-0.25, -0.2) is 4.79 Å². The zero-order valence-electron chi connectivity index (χ0n) is 17.3. The Labute approximate surface area is 183 Å². The number of hydrogen-bond donors (Lipinski definition) is 2. The fourth-order valence-electron chi connectivity index (χ4n) is 3.32. The van der Waals surface area contributed by atoms with Gasteiger partial charge >= 0.3 is 5.76 Å². The molecule has 0 aliphatic rings. The van der Waals surface area contributed by atoms with E-state index in [1.54, 1.807) is 37.4 Å². The summed E-state index contributed by atoms with van der Waals surface area (Å²) in [5.74, 6) is -0.723. The van der Waals surface area contributed by atoms with Crippen molar-refractivity contribution in [1.29, 1.82) is 0 Å². The van der Waals surface area contributed by atoms with Crippen LogP contribution in [0.5, 0.6) is 5.75 Å². The third-order valence-corrected chi connectivity index (χ3v) is 4.93. The standard InChI is InChI=1S/C24H21N3O5/c1-31-20-10-6-5-7-17(20)14-25-22(28)15-27-19-13-16(11-12-21(19)32-24(27)30)23(29)26-18-8-3-2-4-9-18/h2-13H,14-15H2,1H3,(H,25,28)(H,26,29). The molecule has 32 heavy (non-hydrogen) atoms. The largest absolute Gasteiger partial charge is 0.496 e. The minimum Gasteiger partial charge on any atom is -0.496 e. The summed E-state index contributed by atoms with van der Waals surface area (Å²) in [5.41, 5.74) is 2.46. The number of nitrogens with one attached hydrogen (secondary N) is 2. The highest BCUT2D eigenvalue weighted by atomic mass is 16.5. The Hall–Kier alpha value is -4.33. The van der Waals surface area contributed by atoms with Crippen LogP contribution < -0.4 is 21.1 Å². The van der Waals surface area contributed by atoms with E-state index in [-0.39, 0.29) is 24.9 Å². The lowest BCUT2D eigenvalue weighted by molar-refractivity contribution is -0.121. The number of nitrogens with zero attached hydrogens (tertiary/aromatic N) is 1. The Balaban J connectivity index is 1.51. The first kappa shape index (κ1) is 20.9. The van der Waals surface area contributed by atoms with Gasteiger partial charge in [-0.3, -0.25) is 14.2 Å². The van der Waals surface area contributed by atoms with Gasteiger partial charge in [-0.2, -0.15) is 0 Å². The number of para-hydroxylation sites is 2. The molecule has 8 heteroatoms. The highest BCUT2D eigenvalue weighted by Gasteiger charge is 2.16. The summed E-state index contributed by atoms with van der Waals surface area (Å²) in [6, 6.07) is 21.0. The summed E-state index contributed by atoms with van der Waals surface area (Å²) in [6.45, 7) is 0.00283. The van der Waals surface area contributed by atoms with E-state index in [2.05, 4.69) is 10.6 Å². The molecule has 0 fully saturated rings. The molecule has 1 heterocycles. The number of amides is 2. The first-order chi connectivity index (χ1) is 15.5. The second kappa shape index (κ2) is 9.22. The van der Waals surface area contributed by atoms with Crippen LogP contribution in [0.25, 0.3) is 11.1 Å². The summed E-state index contributed by atoms with van der Waals surface area (Å²) in [7, 11) is 1.56. The average Bonchev–Trinajstić information content (AvgIpc) is 3.12. The number of anilines is 1. The molecule has 0 atom stereocenters.